The highest BCUT2D eigenvalue weighted by Gasteiger charge is 2.45. The summed E-state index contributed by atoms with van der Waals surface area (Å²) in [5.41, 5.74) is 0.177. The normalized spacial score (nSPS) is 14.9. The molecular weight excluding hydrogens is 327 g/mol. The molecule has 0 saturated heterocycles. The average Bonchev–Trinajstić information content (AvgIpc) is 2.72. The molecule has 0 radical (unpaired) electrons. The van der Waals surface area contributed by atoms with E-state index in [0.717, 1.165) is 0 Å². The maximum absolute atomic E-state index is 12.5. The molecule has 0 aromatic heterocycles. The van der Waals surface area contributed by atoms with Crippen LogP contribution < -0.4 is 0 Å². The number of hydrogen-bond donors (Lipinski definition) is 0. The lowest BCUT2D eigenvalue weighted by molar-refractivity contribution is -1.05. The Morgan fingerprint density at radius 3 is 1.32 bits per heavy atom. The van der Waals surface area contributed by atoms with Gasteiger partial charge in [-0.05, 0) is 48.5 Å². The molecular formula is C15H8Cl2N2O3. The van der Waals surface area contributed by atoms with Gasteiger partial charge in [-0.2, -0.15) is 0 Å². The number of hydrazine groups is 1. The Hall–Kier alpha value is -2.37. The van der Waals surface area contributed by atoms with Crippen molar-refractivity contribution in [2.45, 2.75) is 0 Å². The molecule has 0 amide bonds. The van der Waals surface area contributed by atoms with Gasteiger partial charge < -0.3 is 10.4 Å². The van der Waals surface area contributed by atoms with Crippen molar-refractivity contribution in [2.24, 2.45) is 0 Å². The van der Waals surface area contributed by atoms with Crippen LogP contribution in [0.25, 0.3) is 0 Å². The summed E-state index contributed by atoms with van der Waals surface area (Å²) < 4.78 is 0. The van der Waals surface area contributed by atoms with Crippen LogP contribution in [-0.2, 0) is 4.79 Å². The van der Waals surface area contributed by atoms with E-state index in [2.05, 4.69) is 0 Å². The van der Waals surface area contributed by atoms with Gasteiger partial charge in [-0.15, -0.1) is 0 Å². The molecule has 0 atom stereocenters. The van der Waals surface area contributed by atoms with Gasteiger partial charge >= 0.3 is 17.2 Å². The van der Waals surface area contributed by atoms with Crippen LogP contribution in [0.15, 0.2) is 48.5 Å². The Labute approximate surface area is 135 Å². The van der Waals surface area contributed by atoms with E-state index in [1.54, 1.807) is 24.3 Å². The monoisotopic (exact) mass is 334 g/mol. The fraction of sp³-hybridized carbons (Fsp3) is 0. The van der Waals surface area contributed by atoms with Gasteiger partial charge in [0.2, 0.25) is 0 Å². The molecule has 1 aliphatic heterocycles. The lowest BCUT2D eigenvalue weighted by Crippen LogP contribution is -2.23. The highest BCUT2D eigenvalue weighted by Crippen LogP contribution is 2.17. The topological polar surface area (TPSA) is 69.2 Å². The van der Waals surface area contributed by atoms with E-state index in [4.69, 9.17) is 23.2 Å². The molecule has 0 aliphatic carbocycles. The summed E-state index contributed by atoms with van der Waals surface area (Å²) in [5.74, 6) is -0.644. The van der Waals surface area contributed by atoms with E-state index in [9.17, 15) is 15.2 Å². The first kappa shape index (κ1) is 14.6. The quantitative estimate of drug-likeness (QED) is 0.626. The second-order valence-corrected chi connectivity index (χ2v) is 5.46. The molecule has 0 N–H and O–H groups in total. The summed E-state index contributed by atoms with van der Waals surface area (Å²) in [5, 5.41) is 25.0. The van der Waals surface area contributed by atoms with Crippen LogP contribution in [0.5, 0.6) is 0 Å². The molecule has 0 fully saturated rings. The number of nitrogens with zero attached hydrogens (tertiary/aromatic N) is 2. The van der Waals surface area contributed by atoms with Crippen molar-refractivity contribution >= 4 is 40.4 Å². The first-order chi connectivity index (χ1) is 10.5. The first-order valence-electron chi connectivity index (χ1n) is 6.24. The molecule has 2 aromatic carbocycles. The number of hydrogen-bond acceptors (Lipinski definition) is 3. The molecule has 1 aliphatic rings. The maximum Gasteiger partial charge on any atom is 0.349 e. The van der Waals surface area contributed by atoms with Gasteiger partial charge in [-0.3, -0.25) is 4.79 Å². The van der Waals surface area contributed by atoms with Crippen molar-refractivity contribution in [1.82, 2.24) is 0 Å². The summed E-state index contributed by atoms with van der Waals surface area (Å²) in [6.45, 7) is 0. The zero-order chi connectivity index (χ0) is 15.9. The highest BCUT2D eigenvalue weighted by molar-refractivity contribution is 6.70. The number of ketones is 1. The van der Waals surface area contributed by atoms with Crippen molar-refractivity contribution in [3.8, 4) is 0 Å². The molecule has 0 saturated carbocycles. The molecule has 1 heterocycles. The van der Waals surface area contributed by atoms with E-state index in [1.165, 1.54) is 24.3 Å². The first-order valence-corrected chi connectivity index (χ1v) is 6.99. The Morgan fingerprint density at radius 2 is 1.00 bits per heavy atom. The van der Waals surface area contributed by atoms with Crippen molar-refractivity contribution in [3.63, 3.8) is 0 Å². The summed E-state index contributed by atoms with van der Waals surface area (Å²) in [6, 6.07) is 12.2. The minimum absolute atomic E-state index is 0.0372. The van der Waals surface area contributed by atoms with E-state index in [0.29, 0.717) is 21.2 Å². The van der Waals surface area contributed by atoms with Gasteiger partial charge in [-0.25, -0.2) is 0 Å². The van der Waals surface area contributed by atoms with Crippen LogP contribution in [0, 0.1) is 10.4 Å². The summed E-state index contributed by atoms with van der Waals surface area (Å²) in [4.78, 5) is 12.5. The standard InChI is InChI=1S/C15H8Cl2N2O3/c16-11-5-1-9(2-6-11)13-15(20)14(19(22)18(13)21)10-3-7-12(17)8-4-10/h1-8H. The lowest BCUT2D eigenvalue weighted by atomic mass is 10.00. The minimum Gasteiger partial charge on any atom is -0.561 e. The van der Waals surface area contributed by atoms with Gasteiger partial charge in [-0.1, -0.05) is 23.2 Å². The molecule has 7 heteroatoms. The number of benzene rings is 2. The van der Waals surface area contributed by atoms with Gasteiger partial charge in [0, 0.05) is 10.0 Å². The van der Waals surface area contributed by atoms with Crippen LogP contribution in [0.4, 0.5) is 0 Å². The summed E-state index contributed by atoms with van der Waals surface area (Å²) in [7, 11) is 0. The van der Waals surface area contributed by atoms with E-state index in [-0.39, 0.29) is 21.1 Å². The average molecular weight is 335 g/mol. The number of carbonyl (C=O) groups excluding carboxylic acids is 1. The zero-order valence-electron chi connectivity index (χ0n) is 11.0. The Balaban J connectivity index is 2.06. The molecule has 2 aromatic rings. The SMILES string of the molecule is O=C1C(c2ccc(Cl)cc2)=[N+]([O-])[N+]([O-])=C1c1ccc(Cl)cc1. The highest BCUT2D eigenvalue weighted by atomic mass is 35.5. The summed E-state index contributed by atoms with van der Waals surface area (Å²) >= 11 is 11.6. The second-order valence-electron chi connectivity index (χ2n) is 4.59. The van der Waals surface area contributed by atoms with Crippen LogP contribution in [0.3, 0.4) is 0 Å². The molecule has 22 heavy (non-hydrogen) atoms. The Morgan fingerprint density at radius 1 is 0.682 bits per heavy atom. The number of halogens is 2. The molecule has 0 unspecified atom stereocenters. The van der Waals surface area contributed by atoms with Crippen molar-refractivity contribution in [2.75, 3.05) is 0 Å². The zero-order valence-corrected chi connectivity index (χ0v) is 12.5. The predicted octanol–water partition coefficient (Wildman–Crippen LogP) is 2.79. The molecule has 5 nitrogen and oxygen atoms in total. The number of rotatable bonds is 2. The molecule has 3 rings (SSSR count). The van der Waals surface area contributed by atoms with Crippen molar-refractivity contribution in [1.29, 1.82) is 0 Å². The van der Waals surface area contributed by atoms with Crippen LogP contribution in [0.2, 0.25) is 10.0 Å². The fourth-order valence-electron chi connectivity index (χ4n) is 2.17. The third-order valence-electron chi connectivity index (χ3n) is 3.21. The van der Waals surface area contributed by atoms with Crippen molar-refractivity contribution < 1.29 is 14.5 Å². The van der Waals surface area contributed by atoms with Gasteiger partial charge in [0.1, 0.15) is 0 Å². The molecule has 0 bridgehead atoms. The lowest BCUT2D eigenvalue weighted by Gasteiger charge is -1.98. The van der Waals surface area contributed by atoms with Crippen LogP contribution in [-0.4, -0.2) is 26.9 Å². The second kappa shape index (κ2) is 5.44. The van der Waals surface area contributed by atoms with Crippen molar-refractivity contribution in [3.05, 3.63) is 80.1 Å². The van der Waals surface area contributed by atoms with E-state index < -0.39 is 5.78 Å². The fourth-order valence-corrected chi connectivity index (χ4v) is 2.42. The Kier molecular flexibility index (Phi) is 3.60. The Bertz CT molecular complexity index is 755. The smallest absolute Gasteiger partial charge is 0.349 e. The van der Waals surface area contributed by atoms with Gasteiger partial charge in [0.25, 0.3) is 0 Å². The molecule has 110 valence electrons. The number of carbonyl (C=O) groups is 1. The maximum atomic E-state index is 12.5. The third kappa shape index (κ3) is 2.34. The largest absolute Gasteiger partial charge is 0.561 e. The number of hydrazone groups is 2. The molecule has 0 spiro atoms. The van der Waals surface area contributed by atoms with E-state index in [1.807, 2.05) is 0 Å². The van der Waals surface area contributed by atoms with E-state index >= 15 is 0 Å². The number of Topliss-reactive ketones (excluding diaryl/α,β-unsaturated/α-hetero) is 1. The third-order valence-corrected chi connectivity index (χ3v) is 3.72. The van der Waals surface area contributed by atoms with Gasteiger partial charge in [0.15, 0.2) is 0 Å². The van der Waals surface area contributed by atoms with Gasteiger partial charge in [0.05, 0.1) is 20.8 Å². The summed E-state index contributed by atoms with van der Waals surface area (Å²) in [6.07, 6.45) is 0. The van der Waals surface area contributed by atoms with Crippen LogP contribution >= 0.6 is 23.2 Å². The van der Waals surface area contributed by atoms with Crippen LogP contribution in [0.1, 0.15) is 11.1 Å². The minimum atomic E-state index is -0.644. The predicted molar refractivity (Wildman–Crippen MR) is 83.4 cm³/mol.